The summed E-state index contributed by atoms with van der Waals surface area (Å²) >= 11 is 2.63. The summed E-state index contributed by atoms with van der Waals surface area (Å²) in [5, 5.41) is 20.8. The molecule has 0 aromatic carbocycles. The molecule has 0 bridgehead atoms. The van der Waals surface area contributed by atoms with Crippen LogP contribution in [-0.4, -0.2) is 36.6 Å². The second-order valence-corrected chi connectivity index (χ2v) is 7.18. The number of furan rings is 1. The smallest absolute Gasteiger partial charge is 0.236 e. The molecule has 0 saturated heterocycles. The molecule has 10 heteroatoms. The first-order valence-corrected chi connectivity index (χ1v) is 9.20. The molecule has 0 aliphatic heterocycles. The first-order chi connectivity index (χ1) is 12.1. The van der Waals surface area contributed by atoms with Crippen LogP contribution in [0.2, 0.25) is 0 Å². The van der Waals surface area contributed by atoms with Crippen molar-refractivity contribution < 1.29 is 9.21 Å². The maximum atomic E-state index is 12.1. The third-order valence-corrected chi connectivity index (χ3v) is 4.95. The minimum Gasteiger partial charge on any atom is -0.469 e. The largest absolute Gasteiger partial charge is 0.469 e. The zero-order valence-corrected chi connectivity index (χ0v) is 15.4. The van der Waals surface area contributed by atoms with Crippen LogP contribution in [0.25, 0.3) is 11.4 Å². The van der Waals surface area contributed by atoms with Gasteiger partial charge in [-0.2, -0.15) is 0 Å². The van der Waals surface area contributed by atoms with Gasteiger partial charge in [0.05, 0.1) is 17.6 Å². The summed E-state index contributed by atoms with van der Waals surface area (Å²) in [4.78, 5) is 12.1. The van der Waals surface area contributed by atoms with Gasteiger partial charge in [0.2, 0.25) is 11.0 Å². The number of nitrogens with one attached hydrogen (secondary N) is 1. The van der Waals surface area contributed by atoms with E-state index >= 15 is 0 Å². The van der Waals surface area contributed by atoms with Gasteiger partial charge in [0, 0.05) is 6.54 Å². The quantitative estimate of drug-likeness (QED) is 0.500. The third kappa shape index (κ3) is 3.97. The molecule has 3 rings (SSSR count). The average molecular weight is 376 g/mol. The van der Waals surface area contributed by atoms with E-state index in [-0.39, 0.29) is 11.7 Å². The van der Waals surface area contributed by atoms with Crippen LogP contribution in [-0.2, 0) is 11.3 Å². The monoisotopic (exact) mass is 376 g/mol. The molecule has 0 fully saturated rings. The molecule has 0 aliphatic rings. The van der Waals surface area contributed by atoms with Crippen LogP contribution in [0, 0.1) is 13.8 Å². The molecular formula is C15H16N6O2S2. The molecule has 0 spiro atoms. The molecule has 3 aromatic rings. The Hall–Kier alpha value is -2.46. The van der Waals surface area contributed by atoms with Gasteiger partial charge in [0.25, 0.3) is 0 Å². The van der Waals surface area contributed by atoms with Crippen molar-refractivity contribution in [3.63, 3.8) is 0 Å². The number of hydrogen-bond donors (Lipinski definition) is 1. The summed E-state index contributed by atoms with van der Waals surface area (Å²) in [6.45, 7) is 8.01. The first-order valence-electron chi connectivity index (χ1n) is 7.39. The Morgan fingerprint density at radius 2 is 2.24 bits per heavy atom. The summed E-state index contributed by atoms with van der Waals surface area (Å²) in [6, 6.07) is 1.85. The van der Waals surface area contributed by atoms with E-state index in [9.17, 15) is 4.79 Å². The molecule has 0 saturated carbocycles. The number of rotatable bonds is 7. The highest BCUT2D eigenvalue weighted by Gasteiger charge is 2.18. The van der Waals surface area contributed by atoms with Crippen molar-refractivity contribution in [2.45, 2.75) is 25.5 Å². The van der Waals surface area contributed by atoms with Gasteiger partial charge >= 0.3 is 0 Å². The summed E-state index contributed by atoms with van der Waals surface area (Å²) < 4.78 is 7.24. The maximum Gasteiger partial charge on any atom is 0.236 e. The number of anilines is 1. The van der Waals surface area contributed by atoms with E-state index < -0.39 is 0 Å². The van der Waals surface area contributed by atoms with Crippen molar-refractivity contribution in [2.24, 2.45) is 0 Å². The van der Waals surface area contributed by atoms with Crippen LogP contribution in [0.5, 0.6) is 0 Å². The van der Waals surface area contributed by atoms with Gasteiger partial charge in [-0.3, -0.25) is 14.7 Å². The van der Waals surface area contributed by atoms with Gasteiger partial charge in [-0.1, -0.05) is 29.2 Å². The molecule has 0 atom stereocenters. The van der Waals surface area contributed by atoms with Gasteiger partial charge in [-0.05, 0) is 19.9 Å². The van der Waals surface area contributed by atoms with Crippen molar-refractivity contribution in [1.82, 2.24) is 25.0 Å². The normalized spacial score (nSPS) is 10.8. The lowest BCUT2D eigenvalue weighted by Crippen LogP contribution is -2.14. The summed E-state index contributed by atoms with van der Waals surface area (Å²) in [6.07, 6.45) is 3.37. The Balaban J connectivity index is 1.72. The minimum absolute atomic E-state index is 0.171. The molecule has 3 heterocycles. The van der Waals surface area contributed by atoms with Crippen LogP contribution in [0.1, 0.15) is 10.8 Å². The summed E-state index contributed by atoms with van der Waals surface area (Å²) in [7, 11) is 0. The van der Waals surface area contributed by atoms with Crippen LogP contribution < -0.4 is 5.32 Å². The Bertz CT molecular complexity index is 898. The van der Waals surface area contributed by atoms with Crippen molar-refractivity contribution in [2.75, 3.05) is 11.1 Å². The van der Waals surface area contributed by atoms with Gasteiger partial charge in [-0.25, -0.2) is 0 Å². The van der Waals surface area contributed by atoms with Gasteiger partial charge in [0.15, 0.2) is 11.0 Å². The Morgan fingerprint density at radius 3 is 2.88 bits per heavy atom. The number of nitrogens with zero attached hydrogens (tertiary/aromatic N) is 5. The molecule has 0 aliphatic carbocycles. The highest BCUT2D eigenvalue weighted by molar-refractivity contribution is 7.99. The van der Waals surface area contributed by atoms with Crippen molar-refractivity contribution in [3.8, 4) is 11.4 Å². The zero-order chi connectivity index (χ0) is 17.8. The van der Waals surface area contributed by atoms with Gasteiger partial charge in [-0.15, -0.1) is 27.0 Å². The molecule has 25 heavy (non-hydrogen) atoms. The molecule has 1 amide bonds. The van der Waals surface area contributed by atoms with E-state index in [1.165, 1.54) is 23.1 Å². The van der Waals surface area contributed by atoms with E-state index in [1.54, 1.807) is 12.3 Å². The van der Waals surface area contributed by atoms with E-state index in [0.717, 1.165) is 16.3 Å². The Kier molecular flexibility index (Phi) is 5.29. The van der Waals surface area contributed by atoms with Crippen molar-refractivity contribution in [1.29, 1.82) is 0 Å². The Labute approximate surface area is 152 Å². The lowest BCUT2D eigenvalue weighted by molar-refractivity contribution is -0.113. The average Bonchev–Trinajstić information content (AvgIpc) is 3.27. The van der Waals surface area contributed by atoms with E-state index in [4.69, 9.17) is 4.42 Å². The second-order valence-electron chi connectivity index (χ2n) is 5.06. The molecule has 1 N–H and O–H groups in total. The zero-order valence-electron chi connectivity index (χ0n) is 13.7. The third-order valence-electron chi connectivity index (χ3n) is 3.23. The number of aryl methyl sites for hydroxylation is 2. The summed E-state index contributed by atoms with van der Waals surface area (Å²) in [5.41, 5.74) is 0.870. The predicted molar refractivity (Wildman–Crippen MR) is 96.7 cm³/mol. The SMILES string of the molecule is C=CCn1c(SCC(=O)Nc2nnc(C)s2)nnc1-c1ccoc1C. The highest BCUT2D eigenvalue weighted by Crippen LogP contribution is 2.27. The van der Waals surface area contributed by atoms with Crippen LogP contribution in [0.4, 0.5) is 5.13 Å². The minimum atomic E-state index is -0.171. The van der Waals surface area contributed by atoms with E-state index in [2.05, 4.69) is 32.3 Å². The molecule has 0 radical (unpaired) electrons. The fraction of sp³-hybridized carbons (Fsp3) is 0.267. The standard InChI is InChI=1S/C15H16N6O2S2/c1-4-6-21-13(11-5-7-23-9(11)2)18-20-15(21)24-8-12(22)16-14-19-17-10(3)25-14/h4-5,7H,1,6,8H2,2-3H3,(H,16,19,22). The number of amides is 1. The summed E-state index contributed by atoms with van der Waals surface area (Å²) in [5.74, 6) is 1.47. The van der Waals surface area contributed by atoms with E-state index in [1.807, 2.05) is 24.5 Å². The van der Waals surface area contributed by atoms with Crippen LogP contribution in [0.15, 0.2) is 34.6 Å². The molecule has 3 aromatic heterocycles. The van der Waals surface area contributed by atoms with Crippen LogP contribution >= 0.6 is 23.1 Å². The lowest BCUT2D eigenvalue weighted by atomic mass is 10.2. The van der Waals surface area contributed by atoms with Gasteiger partial charge in [0.1, 0.15) is 10.8 Å². The molecular weight excluding hydrogens is 360 g/mol. The van der Waals surface area contributed by atoms with E-state index in [0.29, 0.717) is 22.7 Å². The fourth-order valence-electron chi connectivity index (χ4n) is 2.14. The maximum absolute atomic E-state index is 12.1. The second kappa shape index (κ2) is 7.62. The number of thioether (sulfide) groups is 1. The first kappa shape index (κ1) is 17.4. The number of carbonyl (C=O) groups excluding carboxylic acids is 1. The molecule has 0 unspecified atom stereocenters. The van der Waals surface area contributed by atoms with Crippen LogP contribution in [0.3, 0.4) is 0 Å². The highest BCUT2D eigenvalue weighted by atomic mass is 32.2. The van der Waals surface area contributed by atoms with Crippen molar-refractivity contribution in [3.05, 3.63) is 35.8 Å². The molecule has 130 valence electrons. The number of hydrogen-bond acceptors (Lipinski definition) is 8. The number of carbonyl (C=O) groups is 1. The lowest BCUT2D eigenvalue weighted by Gasteiger charge is -2.07. The number of allylic oxidation sites excluding steroid dienone is 1. The molecule has 8 nitrogen and oxygen atoms in total. The topological polar surface area (TPSA) is 98.7 Å². The Morgan fingerprint density at radius 1 is 1.40 bits per heavy atom. The predicted octanol–water partition coefficient (Wildman–Crippen LogP) is 2.92. The van der Waals surface area contributed by atoms with Crippen molar-refractivity contribution >= 4 is 34.1 Å². The fourth-order valence-corrected chi connectivity index (χ4v) is 3.49. The number of aromatic nitrogens is 5. The van der Waals surface area contributed by atoms with Gasteiger partial charge < -0.3 is 4.42 Å².